The normalized spacial score (nSPS) is 18.8. The Hall–Kier alpha value is -1.04. The Morgan fingerprint density at radius 3 is 2.83 bits per heavy atom. The quantitative estimate of drug-likeness (QED) is 0.805. The third kappa shape index (κ3) is 5.23. The van der Waals surface area contributed by atoms with E-state index in [4.69, 9.17) is 0 Å². The minimum absolute atomic E-state index is 0.0558. The van der Waals surface area contributed by atoms with Crippen LogP contribution >= 0.6 is 11.8 Å². The van der Waals surface area contributed by atoms with Gasteiger partial charge < -0.3 is 10.6 Å². The van der Waals surface area contributed by atoms with Crippen molar-refractivity contribution in [2.75, 3.05) is 43.0 Å². The van der Waals surface area contributed by atoms with Crippen molar-refractivity contribution in [3.05, 3.63) is 29.3 Å². The van der Waals surface area contributed by atoms with Gasteiger partial charge in [0.25, 0.3) is 0 Å². The summed E-state index contributed by atoms with van der Waals surface area (Å²) in [5, 5.41) is 6.30. The number of anilines is 1. The van der Waals surface area contributed by atoms with Crippen molar-refractivity contribution in [2.45, 2.75) is 26.3 Å². The van der Waals surface area contributed by atoms with Gasteiger partial charge in [-0.05, 0) is 49.4 Å². The number of nitrogens with one attached hydrogen (secondary N) is 2. The van der Waals surface area contributed by atoms with E-state index < -0.39 is 0 Å². The lowest BCUT2D eigenvalue weighted by molar-refractivity contribution is -0.115. The van der Waals surface area contributed by atoms with Crippen LogP contribution in [0.2, 0.25) is 0 Å². The molecule has 1 heterocycles. The Kier molecular flexibility index (Phi) is 5.97. The highest BCUT2D eigenvalue weighted by Crippen LogP contribution is 2.27. The minimum atomic E-state index is 0.0558. The molecule has 0 aromatic heterocycles. The molecule has 1 aliphatic carbocycles. The second-order valence-corrected chi connectivity index (χ2v) is 7.83. The molecular weight excluding hydrogens is 306 g/mol. The Balaban J connectivity index is 1.53. The fourth-order valence-corrected chi connectivity index (χ4v) is 3.88. The van der Waals surface area contributed by atoms with Crippen LogP contribution < -0.4 is 10.6 Å². The summed E-state index contributed by atoms with van der Waals surface area (Å²) in [5.74, 6) is 3.31. The number of carbonyl (C=O) groups excluding carboxylic acids is 1. The molecule has 0 bridgehead atoms. The molecule has 1 amide bonds. The van der Waals surface area contributed by atoms with Gasteiger partial charge in [0.1, 0.15) is 0 Å². The van der Waals surface area contributed by atoms with Gasteiger partial charge in [-0.3, -0.25) is 9.69 Å². The van der Waals surface area contributed by atoms with Crippen LogP contribution in [-0.4, -0.2) is 48.5 Å². The second kappa shape index (κ2) is 8.18. The summed E-state index contributed by atoms with van der Waals surface area (Å²) in [5.41, 5.74) is 3.47. The van der Waals surface area contributed by atoms with Gasteiger partial charge >= 0.3 is 0 Å². The molecule has 2 aliphatic rings. The lowest BCUT2D eigenvalue weighted by atomic mass is 10.1. The molecule has 2 fully saturated rings. The first-order chi connectivity index (χ1) is 11.2. The first-order valence-electron chi connectivity index (χ1n) is 8.61. The van der Waals surface area contributed by atoms with Crippen molar-refractivity contribution in [1.82, 2.24) is 10.2 Å². The third-order valence-corrected chi connectivity index (χ3v) is 5.58. The Morgan fingerprint density at radius 2 is 2.09 bits per heavy atom. The van der Waals surface area contributed by atoms with Crippen molar-refractivity contribution >= 4 is 23.4 Å². The molecule has 2 N–H and O–H groups in total. The maximum absolute atomic E-state index is 12.1. The van der Waals surface area contributed by atoms with E-state index in [0.29, 0.717) is 6.54 Å². The Bertz CT molecular complexity index is 539. The molecular formula is C18H27N3OS. The van der Waals surface area contributed by atoms with Gasteiger partial charge in [-0.1, -0.05) is 12.1 Å². The van der Waals surface area contributed by atoms with Gasteiger partial charge in [0.15, 0.2) is 0 Å². The first kappa shape index (κ1) is 16.8. The number of thioether (sulfide) groups is 1. The maximum Gasteiger partial charge on any atom is 0.238 e. The average Bonchev–Trinajstić information content (AvgIpc) is 3.37. The summed E-state index contributed by atoms with van der Waals surface area (Å²) in [7, 11) is 0. The van der Waals surface area contributed by atoms with Crippen LogP contribution in [0, 0.1) is 12.8 Å². The smallest absolute Gasteiger partial charge is 0.238 e. The van der Waals surface area contributed by atoms with Gasteiger partial charge in [0.05, 0.1) is 6.54 Å². The van der Waals surface area contributed by atoms with Crippen LogP contribution in [0.5, 0.6) is 0 Å². The summed E-state index contributed by atoms with van der Waals surface area (Å²) < 4.78 is 0. The van der Waals surface area contributed by atoms with Crippen molar-refractivity contribution < 1.29 is 4.79 Å². The molecule has 3 rings (SSSR count). The van der Waals surface area contributed by atoms with Crippen LogP contribution in [0.15, 0.2) is 18.2 Å². The van der Waals surface area contributed by atoms with Crippen molar-refractivity contribution in [3.63, 3.8) is 0 Å². The Labute approximate surface area is 143 Å². The summed E-state index contributed by atoms with van der Waals surface area (Å²) in [4.78, 5) is 14.6. The monoisotopic (exact) mass is 333 g/mol. The van der Waals surface area contributed by atoms with E-state index in [1.54, 1.807) is 0 Å². The fourth-order valence-electron chi connectivity index (χ4n) is 2.90. The molecule has 4 nitrogen and oxygen atoms in total. The minimum Gasteiger partial charge on any atom is -0.325 e. The van der Waals surface area contributed by atoms with Crippen molar-refractivity contribution in [3.8, 4) is 0 Å². The topological polar surface area (TPSA) is 44.4 Å². The summed E-state index contributed by atoms with van der Waals surface area (Å²) >= 11 is 2.03. The first-order valence-corrected chi connectivity index (χ1v) is 9.77. The molecule has 5 heteroatoms. The molecule has 1 saturated heterocycles. The van der Waals surface area contributed by atoms with E-state index in [9.17, 15) is 4.79 Å². The van der Waals surface area contributed by atoms with Crippen LogP contribution in [0.1, 0.15) is 24.0 Å². The molecule has 1 aliphatic heterocycles. The second-order valence-electron chi connectivity index (χ2n) is 6.60. The summed E-state index contributed by atoms with van der Waals surface area (Å²) in [6.07, 6.45) is 2.62. The number of rotatable bonds is 7. The highest BCUT2D eigenvalue weighted by Gasteiger charge is 2.20. The molecule has 126 valence electrons. The molecule has 23 heavy (non-hydrogen) atoms. The molecule has 1 saturated carbocycles. The highest BCUT2D eigenvalue weighted by atomic mass is 32.2. The third-order valence-electron chi connectivity index (χ3n) is 4.63. The number of nitrogens with zero attached hydrogens (tertiary/aromatic N) is 1. The largest absolute Gasteiger partial charge is 0.325 e. The lowest BCUT2D eigenvalue weighted by Crippen LogP contribution is -2.32. The van der Waals surface area contributed by atoms with E-state index in [0.717, 1.165) is 37.8 Å². The number of hydrogen-bond donors (Lipinski definition) is 2. The van der Waals surface area contributed by atoms with E-state index in [1.165, 1.54) is 35.5 Å². The lowest BCUT2D eigenvalue weighted by Gasteiger charge is -2.27. The number of amides is 1. The standard InChI is InChI=1S/C18H27N3OS/c1-14-16(13-21-7-9-23-10-8-21)3-2-4-17(14)20-18(22)12-19-11-15-5-6-15/h2-4,15,19H,5-13H2,1H3,(H,20,22). The molecule has 0 spiro atoms. The van der Waals surface area contributed by atoms with Gasteiger partial charge in [-0.2, -0.15) is 11.8 Å². The number of hydrogen-bond acceptors (Lipinski definition) is 4. The van der Waals surface area contributed by atoms with Crippen LogP contribution in [0.25, 0.3) is 0 Å². The number of benzene rings is 1. The predicted molar refractivity (Wildman–Crippen MR) is 98.0 cm³/mol. The molecule has 0 radical (unpaired) electrons. The van der Waals surface area contributed by atoms with Crippen molar-refractivity contribution in [2.24, 2.45) is 5.92 Å². The summed E-state index contributed by atoms with van der Waals surface area (Å²) in [6, 6.07) is 6.23. The summed E-state index contributed by atoms with van der Waals surface area (Å²) in [6.45, 7) is 6.79. The van der Waals surface area contributed by atoms with Gasteiger partial charge in [0, 0.05) is 36.8 Å². The van der Waals surface area contributed by atoms with Crippen LogP contribution in [0.3, 0.4) is 0 Å². The molecule has 1 aromatic carbocycles. The Morgan fingerprint density at radius 1 is 1.30 bits per heavy atom. The van der Waals surface area contributed by atoms with E-state index in [2.05, 4.69) is 28.5 Å². The molecule has 0 unspecified atom stereocenters. The van der Waals surface area contributed by atoms with E-state index >= 15 is 0 Å². The zero-order valence-electron chi connectivity index (χ0n) is 13.9. The average molecular weight is 334 g/mol. The van der Waals surface area contributed by atoms with E-state index in [-0.39, 0.29) is 5.91 Å². The SMILES string of the molecule is Cc1c(CN2CCSCC2)cccc1NC(=O)CNCC1CC1. The van der Waals surface area contributed by atoms with Crippen LogP contribution in [0.4, 0.5) is 5.69 Å². The van der Waals surface area contributed by atoms with Crippen LogP contribution in [-0.2, 0) is 11.3 Å². The van der Waals surface area contributed by atoms with E-state index in [1.807, 2.05) is 23.9 Å². The zero-order chi connectivity index (χ0) is 16.1. The fraction of sp³-hybridized carbons (Fsp3) is 0.611. The predicted octanol–water partition coefficient (Wildman–Crippen LogP) is 2.48. The molecule has 0 atom stereocenters. The molecule has 1 aromatic rings. The zero-order valence-corrected chi connectivity index (χ0v) is 14.8. The van der Waals surface area contributed by atoms with Gasteiger partial charge in [-0.15, -0.1) is 0 Å². The van der Waals surface area contributed by atoms with Gasteiger partial charge in [0.2, 0.25) is 5.91 Å². The van der Waals surface area contributed by atoms with Gasteiger partial charge in [-0.25, -0.2) is 0 Å². The highest BCUT2D eigenvalue weighted by molar-refractivity contribution is 7.99. The maximum atomic E-state index is 12.1. The van der Waals surface area contributed by atoms with Crippen molar-refractivity contribution in [1.29, 1.82) is 0 Å². The number of carbonyl (C=O) groups is 1.